The molecule has 0 saturated heterocycles. The summed E-state index contributed by atoms with van der Waals surface area (Å²) in [6.45, 7) is 12.9. The first-order valence-electron chi connectivity index (χ1n) is 5.89. The van der Waals surface area contributed by atoms with E-state index < -0.39 is 0 Å². The Hall–Kier alpha value is -0.980. The molecule has 1 nitrogen and oxygen atoms in total. The second-order valence-corrected chi connectivity index (χ2v) is 4.54. The van der Waals surface area contributed by atoms with Gasteiger partial charge in [-0.1, -0.05) is 26.5 Å². The molecule has 1 heteroatoms. The number of nitrogens with one attached hydrogen (secondary N) is 1. The van der Waals surface area contributed by atoms with Gasteiger partial charge >= 0.3 is 0 Å². The van der Waals surface area contributed by atoms with Gasteiger partial charge in [-0.15, -0.1) is 0 Å². The lowest BCUT2D eigenvalue weighted by molar-refractivity contribution is 0.614. The molecule has 0 aliphatic heterocycles. The van der Waals surface area contributed by atoms with Crippen LogP contribution in [-0.4, -0.2) is 0 Å². The first kappa shape index (κ1) is 12.1. The van der Waals surface area contributed by atoms with E-state index in [1.165, 1.54) is 29.7 Å². The molecule has 1 unspecified atom stereocenters. The molecule has 0 aromatic rings. The highest BCUT2D eigenvalue weighted by molar-refractivity contribution is 5.37. The summed E-state index contributed by atoms with van der Waals surface area (Å²) in [7, 11) is 0. The lowest BCUT2D eigenvalue weighted by Crippen LogP contribution is -2.20. The molecule has 84 valence electrons. The van der Waals surface area contributed by atoms with E-state index in [1.54, 1.807) is 0 Å². The zero-order chi connectivity index (χ0) is 11.4. The number of hydrogen-bond acceptors (Lipinski definition) is 1. The standard InChI is InChI=1S/C14H23N/c1-6-10(2)13(5)15-14-11(3)8-7-9-12(14)4/h8,10,15H,5-7,9H2,1-4H3. The van der Waals surface area contributed by atoms with Gasteiger partial charge in [0.05, 0.1) is 0 Å². The summed E-state index contributed by atoms with van der Waals surface area (Å²) in [5.41, 5.74) is 5.26. The highest BCUT2D eigenvalue weighted by Gasteiger charge is 2.12. The maximum Gasteiger partial charge on any atom is 0.0397 e. The van der Waals surface area contributed by atoms with E-state index in [-0.39, 0.29) is 0 Å². The minimum absolute atomic E-state index is 0.542. The molecule has 0 aromatic heterocycles. The first-order chi connectivity index (χ1) is 7.06. The van der Waals surface area contributed by atoms with Crippen LogP contribution in [0.5, 0.6) is 0 Å². The second-order valence-electron chi connectivity index (χ2n) is 4.54. The maximum absolute atomic E-state index is 4.12. The fourth-order valence-corrected chi connectivity index (χ4v) is 1.80. The zero-order valence-corrected chi connectivity index (χ0v) is 10.5. The molecule has 0 amide bonds. The van der Waals surface area contributed by atoms with Crippen molar-refractivity contribution in [2.75, 3.05) is 0 Å². The Morgan fingerprint density at radius 3 is 2.73 bits per heavy atom. The Balaban J connectivity index is 2.73. The van der Waals surface area contributed by atoms with Crippen molar-refractivity contribution < 1.29 is 0 Å². The van der Waals surface area contributed by atoms with Crippen LogP contribution in [0.15, 0.2) is 35.2 Å². The molecule has 1 aliphatic rings. The SMILES string of the molecule is C=C(NC1=C(C)CCC=C1C)C(C)CC. The van der Waals surface area contributed by atoms with Crippen molar-refractivity contribution in [2.45, 2.75) is 47.0 Å². The molecule has 0 saturated carbocycles. The topological polar surface area (TPSA) is 12.0 Å². The van der Waals surface area contributed by atoms with E-state index >= 15 is 0 Å². The van der Waals surface area contributed by atoms with Crippen LogP contribution < -0.4 is 5.32 Å². The number of hydrogen-bond donors (Lipinski definition) is 1. The van der Waals surface area contributed by atoms with Crippen LogP contribution in [0.25, 0.3) is 0 Å². The summed E-state index contributed by atoms with van der Waals surface area (Å²) in [5.74, 6) is 0.542. The van der Waals surface area contributed by atoms with Gasteiger partial charge in [-0.2, -0.15) is 0 Å². The Morgan fingerprint density at radius 1 is 1.53 bits per heavy atom. The van der Waals surface area contributed by atoms with Crippen LogP contribution in [-0.2, 0) is 0 Å². The Morgan fingerprint density at radius 2 is 2.20 bits per heavy atom. The van der Waals surface area contributed by atoms with Crippen molar-refractivity contribution >= 4 is 0 Å². The molecule has 1 rings (SSSR count). The van der Waals surface area contributed by atoms with Gasteiger partial charge in [0.1, 0.15) is 0 Å². The fourth-order valence-electron chi connectivity index (χ4n) is 1.80. The lowest BCUT2D eigenvalue weighted by Gasteiger charge is -2.23. The second kappa shape index (κ2) is 5.20. The molecule has 0 fully saturated rings. The van der Waals surface area contributed by atoms with Gasteiger partial charge in [0.15, 0.2) is 0 Å². The highest BCUT2D eigenvalue weighted by atomic mass is 14.9. The van der Waals surface area contributed by atoms with Crippen molar-refractivity contribution in [1.82, 2.24) is 5.32 Å². The molecule has 0 heterocycles. The van der Waals surface area contributed by atoms with Gasteiger partial charge in [-0.05, 0) is 50.2 Å². The summed E-state index contributed by atoms with van der Waals surface area (Å²) < 4.78 is 0. The average Bonchev–Trinajstić information content (AvgIpc) is 2.22. The van der Waals surface area contributed by atoms with Crippen molar-refractivity contribution in [3.05, 3.63) is 35.2 Å². The quantitative estimate of drug-likeness (QED) is 0.727. The Labute approximate surface area is 94.0 Å². The van der Waals surface area contributed by atoms with E-state index in [0.29, 0.717) is 5.92 Å². The van der Waals surface area contributed by atoms with E-state index in [1.807, 2.05) is 0 Å². The van der Waals surface area contributed by atoms with Crippen LogP contribution in [0.3, 0.4) is 0 Å². The van der Waals surface area contributed by atoms with Gasteiger partial charge in [-0.3, -0.25) is 0 Å². The summed E-state index contributed by atoms with van der Waals surface area (Å²) in [6.07, 6.45) is 5.80. The van der Waals surface area contributed by atoms with Crippen molar-refractivity contribution in [1.29, 1.82) is 0 Å². The van der Waals surface area contributed by atoms with Gasteiger partial charge in [0.25, 0.3) is 0 Å². The van der Waals surface area contributed by atoms with Crippen molar-refractivity contribution in [3.8, 4) is 0 Å². The average molecular weight is 205 g/mol. The van der Waals surface area contributed by atoms with Crippen LogP contribution in [0.4, 0.5) is 0 Å². The normalized spacial score (nSPS) is 18.5. The van der Waals surface area contributed by atoms with E-state index in [2.05, 4.69) is 45.7 Å². The molecule has 1 atom stereocenters. The zero-order valence-electron chi connectivity index (χ0n) is 10.5. The lowest BCUT2D eigenvalue weighted by atomic mass is 9.96. The van der Waals surface area contributed by atoms with Crippen LogP contribution in [0, 0.1) is 5.92 Å². The predicted molar refractivity (Wildman–Crippen MR) is 67.4 cm³/mol. The van der Waals surface area contributed by atoms with E-state index in [9.17, 15) is 0 Å². The van der Waals surface area contributed by atoms with Crippen LogP contribution in [0.1, 0.15) is 47.0 Å². The van der Waals surface area contributed by atoms with Crippen molar-refractivity contribution in [3.63, 3.8) is 0 Å². The molecule has 0 spiro atoms. The summed E-state index contributed by atoms with van der Waals surface area (Å²) in [5, 5.41) is 3.49. The Kier molecular flexibility index (Phi) is 4.19. The molecule has 1 aliphatic carbocycles. The third kappa shape index (κ3) is 2.98. The monoisotopic (exact) mass is 205 g/mol. The van der Waals surface area contributed by atoms with Gasteiger partial charge < -0.3 is 5.32 Å². The van der Waals surface area contributed by atoms with Crippen LogP contribution in [0.2, 0.25) is 0 Å². The predicted octanol–water partition coefficient (Wildman–Crippen LogP) is 4.15. The maximum atomic E-state index is 4.12. The van der Waals surface area contributed by atoms with E-state index in [4.69, 9.17) is 0 Å². The number of allylic oxidation sites excluding steroid dienone is 4. The Bertz CT molecular complexity index is 307. The molecule has 1 N–H and O–H groups in total. The molecule has 0 bridgehead atoms. The minimum atomic E-state index is 0.542. The third-order valence-corrected chi connectivity index (χ3v) is 3.28. The molecule has 15 heavy (non-hydrogen) atoms. The molecular formula is C14H23N. The summed E-state index contributed by atoms with van der Waals surface area (Å²) in [6, 6.07) is 0. The van der Waals surface area contributed by atoms with E-state index in [0.717, 1.165) is 12.1 Å². The molecule has 0 radical (unpaired) electrons. The first-order valence-corrected chi connectivity index (χ1v) is 5.89. The highest BCUT2D eigenvalue weighted by Crippen LogP contribution is 2.24. The van der Waals surface area contributed by atoms with Crippen molar-refractivity contribution in [2.24, 2.45) is 5.92 Å². The third-order valence-electron chi connectivity index (χ3n) is 3.28. The van der Waals surface area contributed by atoms with Crippen LogP contribution >= 0.6 is 0 Å². The largest absolute Gasteiger partial charge is 0.359 e. The van der Waals surface area contributed by atoms with Gasteiger partial charge in [-0.25, -0.2) is 0 Å². The molecule has 0 aromatic carbocycles. The van der Waals surface area contributed by atoms with Gasteiger partial charge in [0, 0.05) is 11.4 Å². The summed E-state index contributed by atoms with van der Waals surface area (Å²) in [4.78, 5) is 0. The summed E-state index contributed by atoms with van der Waals surface area (Å²) >= 11 is 0. The number of rotatable bonds is 4. The fraction of sp³-hybridized carbons (Fsp3) is 0.571. The molecular weight excluding hydrogens is 182 g/mol. The minimum Gasteiger partial charge on any atom is -0.359 e. The van der Waals surface area contributed by atoms with Gasteiger partial charge in [0.2, 0.25) is 0 Å². The smallest absolute Gasteiger partial charge is 0.0397 e.